The van der Waals surface area contributed by atoms with Crippen molar-refractivity contribution in [3.8, 4) is 0 Å². The van der Waals surface area contributed by atoms with Gasteiger partial charge in [0.05, 0.1) is 0 Å². The van der Waals surface area contributed by atoms with Crippen molar-refractivity contribution < 1.29 is 5.11 Å². The zero-order valence-corrected chi connectivity index (χ0v) is 7.13. The lowest BCUT2D eigenvalue weighted by Gasteiger charge is -1.99. The summed E-state index contributed by atoms with van der Waals surface area (Å²) >= 11 is 0. The molecule has 0 spiro atoms. The lowest BCUT2D eigenvalue weighted by molar-refractivity contribution is 0.272. The van der Waals surface area contributed by atoms with Crippen LogP contribution < -0.4 is 0 Å². The van der Waals surface area contributed by atoms with Gasteiger partial charge in [0.2, 0.25) is 0 Å². The van der Waals surface area contributed by atoms with Gasteiger partial charge < -0.3 is 5.11 Å². The van der Waals surface area contributed by atoms with Gasteiger partial charge in [-0.1, -0.05) is 19.3 Å². The largest absolute Gasteiger partial charge is 0.396 e. The number of hydrogen-bond donors (Lipinski definition) is 1. The van der Waals surface area contributed by atoms with Crippen LogP contribution in [0, 0.1) is 17.8 Å². The first-order valence-electron chi connectivity index (χ1n) is 5.04. The lowest BCUT2D eigenvalue weighted by Crippen LogP contribution is -1.90. The van der Waals surface area contributed by atoms with E-state index in [1.807, 2.05) is 0 Å². The van der Waals surface area contributed by atoms with Gasteiger partial charge in [0.25, 0.3) is 0 Å². The Labute approximate surface area is 68.8 Å². The van der Waals surface area contributed by atoms with Crippen molar-refractivity contribution in [1.29, 1.82) is 0 Å². The Morgan fingerprint density at radius 1 is 1.00 bits per heavy atom. The van der Waals surface area contributed by atoms with Gasteiger partial charge in [-0.05, 0) is 37.0 Å². The highest BCUT2D eigenvalue weighted by Gasteiger charge is 2.48. The smallest absolute Gasteiger partial charge is 0.0433 e. The Bertz CT molecular complexity index is 114. The zero-order valence-electron chi connectivity index (χ0n) is 7.13. The second kappa shape index (κ2) is 3.14. The Morgan fingerprint density at radius 2 is 1.64 bits per heavy atom. The molecule has 1 nitrogen and oxygen atoms in total. The summed E-state index contributed by atoms with van der Waals surface area (Å²) in [5.74, 6) is 2.95. The van der Waals surface area contributed by atoms with Crippen LogP contribution in [0.25, 0.3) is 0 Å². The quantitative estimate of drug-likeness (QED) is 0.646. The maximum Gasteiger partial charge on any atom is 0.0433 e. The summed E-state index contributed by atoms with van der Waals surface area (Å²) in [6.07, 6.45) is 8.34. The number of fused-ring (bicyclic) bond motifs is 1. The molecule has 2 fully saturated rings. The van der Waals surface area contributed by atoms with E-state index in [-0.39, 0.29) is 0 Å². The van der Waals surface area contributed by atoms with E-state index in [0.29, 0.717) is 6.61 Å². The van der Waals surface area contributed by atoms with E-state index < -0.39 is 0 Å². The molecule has 1 heteroatoms. The van der Waals surface area contributed by atoms with Crippen molar-refractivity contribution in [3.05, 3.63) is 0 Å². The summed E-state index contributed by atoms with van der Waals surface area (Å²) in [6.45, 7) is 0.414. The molecule has 0 aromatic rings. The Hall–Kier alpha value is -0.0400. The van der Waals surface area contributed by atoms with Crippen LogP contribution in [-0.4, -0.2) is 11.7 Å². The predicted octanol–water partition coefficient (Wildman–Crippen LogP) is 2.20. The molecule has 2 aliphatic rings. The molecule has 0 radical (unpaired) electrons. The van der Waals surface area contributed by atoms with Gasteiger partial charge in [-0.2, -0.15) is 0 Å². The second-order valence-corrected chi connectivity index (χ2v) is 4.14. The fourth-order valence-corrected chi connectivity index (χ4v) is 2.89. The summed E-state index contributed by atoms with van der Waals surface area (Å²) < 4.78 is 0. The molecule has 0 amide bonds. The molecule has 0 heterocycles. The van der Waals surface area contributed by atoms with Crippen LogP contribution >= 0.6 is 0 Å². The summed E-state index contributed by atoms with van der Waals surface area (Å²) in [6, 6.07) is 0. The Kier molecular flexibility index (Phi) is 2.17. The third-order valence-electron chi connectivity index (χ3n) is 3.55. The van der Waals surface area contributed by atoms with Crippen LogP contribution in [-0.2, 0) is 0 Å². The first kappa shape index (κ1) is 7.60. The topological polar surface area (TPSA) is 20.2 Å². The van der Waals surface area contributed by atoms with Crippen molar-refractivity contribution in [3.63, 3.8) is 0 Å². The zero-order chi connectivity index (χ0) is 7.68. The van der Waals surface area contributed by atoms with E-state index in [1.54, 1.807) is 0 Å². The molecule has 2 unspecified atom stereocenters. The summed E-state index contributed by atoms with van der Waals surface area (Å²) in [5.41, 5.74) is 0. The minimum absolute atomic E-state index is 0.414. The molecule has 2 aliphatic carbocycles. The van der Waals surface area contributed by atoms with E-state index in [9.17, 15) is 0 Å². The Morgan fingerprint density at radius 3 is 2.18 bits per heavy atom. The second-order valence-electron chi connectivity index (χ2n) is 4.14. The van der Waals surface area contributed by atoms with Crippen molar-refractivity contribution in [1.82, 2.24) is 0 Å². The maximum atomic E-state index is 8.79. The van der Waals surface area contributed by atoms with Crippen molar-refractivity contribution in [2.75, 3.05) is 6.61 Å². The predicted molar refractivity (Wildman–Crippen MR) is 45.3 cm³/mol. The monoisotopic (exact) mass is 154 g/mol. The molecule has 0 aromatic heterocycles. The van der Waals surface area contributed by atoms with Crippen LogP contribution in [0.4, 0.5) is 0 Å². The average molecular weight is 154 g/mol. The number of hydrogen-bond acceptors (Lipinski definition) is 1. The molecule has 0 aromatic carbocycles. The van der Waals surface area contributed by atoms with Crippen LogP contribution in [0.3, 0.4) is 0 Å². The minimum atomic E-state index is 0.414. The van der Waals surface area contributed by atoms with Crippen LogP contribution in [0.5, 0.6) is 0 Å². The van der Waals surface area contributed by atoms with Crippen LogP contribution in [0.15, 0.2) is 0 Å². The van der Waals surface area contributed by atoms with Gasteiger partial charge in [-0.3, -0.25) is 0 Å². The summed E-state index contributed by atoms with van der Waals surface area (Å²) in [4.78, 5) is 0. The summed E-state index contributed by atoms with van der Waals surface area (Å²) in [5, 5.41) is 8.79. The minimum Gasteiger partial charge on any atom is -0.396 e. The molecular weight excluding hydrogens is 136 g/mol. The van der Waals surface area contributed by atoms with E-state index in [4.69, 9.17) is 5.11 Å². The molecule has 0 saturated heterocycles. The summed E-state index contributed by atoms with van der Waals surface area (Å²) in [7, 11) is 0. The van der Waals surface area contributed by atoms with Crippen LogP contribution in [0.1, 0.15) is 38.5 Å². The number of rotatable bonds is 2. The van der Waals surface area contributed by atoms with Gasteiger partial charge in [-0.15, -0.1) is 0 Å². The van der Waals surface area contributed by atoms with E-state index >= 15 is 0 Å². The first-order chi connectivity index (χ1) is 5.43. The van der Waals surface area contributed by atoms with Crippen molar-refractivity contribution >= 4 is 0 Å². The molecule has 2 saturated carbocycles. The standard InChI is InChI=1S/C10H18O/c11-7-6-10-8-4-2-1-3-5-9(8)10/h8-11H,1-7H2. The van der Waals surface area contributed by atoms with E-state index in [2.05, 4.69) is 0 Å². The average Bonchev–Trinajstić information content (AvgIpc) is 2.68. The van der Waals surface area contributed by atoms with E-state index in [1.165, 1.54) is 32.1 Å². The molecule has 2 atom stereocenters. The van der Waals surface area contributed by atoms with Crippen LogP contribution in [0.2, 0.25) is 0 Å². The number of aliphatic hydroxyl groups excluding tert-OH is 1. The normalized spacial score (nSPS) is 42.8. The van der Waals surface area contributed by atoms with Gasteiger partial charge in [-0.25, -0.2) is 0 Å². The molecule has 0 bridgehead atoms. The molecule has 64 valence electrons. The van der Waals surface area contributed by atoms with Crippen molar-refractivity contribution in [2.24, 2.45) is 17.8 Å². The van der Waals surface area contributed by atoms with Gasteiger partial charge in [0, 0.05) is 6.61 Å². The van der Waals surface area contributed by atoms with Gasteiger partial charge >= 0.3 is 0 Å². The highest BCUT2D eigenvalue weighted by molar-refractivity contribution is 4.97. The van der Waals surface area contributed by atoms with Gasteiger partial charge in [0.15, 0.2) is 0 Å². The van der Waals surface area contributed by atoms with Gasteiger partial charge in [0.1, 0.15) is 0 Å². The fraction of sp³-hybridized carbons (Fsp3) is 1.00. The SMILES string of the molecule is OCCC1C2CCCCCC12. The maximum absolute atomic E-state index is 8.79. The van der Waals surface area contributed by atoms with E-state index in [0.717, 1.165) is 24.2 Å². The molecule has 2 rings (SSSR count). The lowest BCUT2D eigenvalue weighted by atomic mass is 10.1. The molecule has 0 aliphatic heterocycles. The van der Waals surface area contributed by atoms with Crippen molar-refractivity contribution in [2.45, 2.75) is 38.5 Å². The third kappa shape index (κ3) is 1.44. The molecule has 1 N–H and O–H groups in total. The molecular formula is C10H18O. The highest BCUT2D eigenvalue weighted by atomic mass is 16.3. The molecule has 11 heavy (non-hydrogen) atoms. The first-order valence-corrected chi connectivity index (χ1v) is 5.04. The fourth-order valence-electron chi connectivity index (χ4n) is 2.89. The highest BCUT2D eigenvalue weighted by Crippen LogP contribution is 2.55. The number of aliphatic hydroxyl groups is 1. The third-order valence-corrected chi connectivity index (χ3v) is 3.55. The Balaban J connectivity index is 1.82.